The third-order valence-corrected chi connectivity index (χ3v) is 2.41. The number of carbonyl (C=O) groups excluding carboxylic acids is 1. The Labute approximate surface area is 105 Å². The maximum atomic E-state index is 11.0. The van der Waals surface area contributed by atoms with Gasteiger partial charge in [0, 0.05) is 5.39 Å². The number of benzene rings is 1. The van der Waals surface area contributed by atoms with Gasteiger partial charge in [-0.05, 0) is 26.0 Å². The van der Waals surface area contributed by atoms with E-state index in [1.165, 1.54) is 0 Å². The summed E-state index contributed by atoms with van der Waals surface area (Å²) in [4.78, 5) is 15.2. The minimum absolute atomic E-state index is 0.105. The number of aldehydes is 1. The maximum Gasteiger partial charge on any atom is 0.172 e. The van der Waals surface area contributed by atoms with Crippen LogP contribution in [0.25, 0.3) is 10.9 Å². The Hall–Kier alpha value is -1.94. The molecule has 0 bridgehead atoms. The number of fused-ring (bicyclic) bond motifs is 1. The number of pyridine rings is 1. The van der Waals surface area contributed by atoms with E-state index in [1.807, 2.05) is 24.3 Å². The number of aliphatic hydroxyl groups is 1. The smallest absolute Gasteiger partial charge is 0.172 e. The number of ether oxygens (including phenoxy) is 1. The van der Waals surface area contributed by atoms with E-state index in [2.05, 4.69) is 4.98 Å². The van der Waals surface area contributed by atoms with Crippen molar-refractivity contribution < 1.29 is 14.6 Å². The molecule has 0 saturated carbocycles. The van der Waals surface area contributed by atoms with E-state index >= 15 is 0 Å². The molecule has 0 spiro atoms. The topological polar surface area (TPSA) is 59.4 Å². The van der Waals surface area contributed by atoms with Gasteiger partial charge in [-0.2, -0.15) is 0 Å². The Morgan fingerprint density at radius 3 is 2.78 bits per heavy atom. The predicted molar refractivity (Wildman–Crippen MR) is 68.9 cm³/mol. The van der Waals surface area contributed by atoms with Crippen LogP contribution in [-0.4, -0.2) is 28.6 Å². The highest BCUT2D eigenvalue weighted by atomic mass is 16.5. The van der Waals surface area contributed by atoms with Gasteiger partial charge in [-0.3, -0.25) is 4.79 Å². The van der Waals surface area contributed by atoms with E-state index in [0.717, 1.165) is 10.9 Å². The van der Waals surface area contributed by atoms with Crippen LogP contribution in [0, 0.1) is 0 Å². The number of hydrogen-bond acceptors (Lipinski definition) is 4. The van der Waals surface area contributed by atoms with Gasteiger partial charge in [0.15, 0.2) is 6.29 Å². The summed E-state index contributed by atoms with van der Waals surface area (Å²) in [6, 6.07) is 9.25. The number of carbonyl (C=O) groups is 1. The highest BCUT2D eigenvalue weighted by Crippen LogP contribution is 2.22. The van der Waals surface area contributed by atoms with Crippen molar-refractivity contribution >= 4 is 17.2 Å². The molecular weight excluding hydrogens is 230 g/mol. The number of hydrogen-bond donors (Lipinski definition) is 1. The maximum absolute atomic E-state index is 11.0. The van der Waals surface area contributed by atoms with Crippen LogP contribution < -0.4 is 4.74 Å². The van der Waals surface area contributed by atoms with Gasteiger partial charge in [0.25, 0.3) is 0 Å². The third kappa shape index (κ3) is 2.84. The summed E-state index contributed by atoms with van der Waals surface area (Å²) in [5.74, 6) is 0.394. The molecule has 1 aromatic carbocycles. The lowest BCUT2D eigenvalue weighted by Crippen LogP contribution is -2.28. The minimum atomic E-state index is -0.953. The Bertz CT molecular complexity index is 573. The van der Waals surface area contributed by atoms with Crippen molar-refractivity contribution in [2.75, 3.05) is 6.61 Å². The summed E-state index contributed by atoms with van der Waals surface area (Å²) in [6.07, 6.45) is 0.659. The lowest BCUT2D eigenvalue weighted by Gasteiger charge is -2.18. The lowest BCUT2D eigenvalue weighted by molar-refractivity contribution is 0.0281. The fraction of sp³-hybridized carbons (Fsp3) is 0.286. The van der Waals surface area contributed by atoms with Crippen molar-refractivity contribution in [2.45, 2.75) is 19.4 Å². The number of nitrogens with zero attached hydrogens (tertiary/aromatic N) is 1. The quantitative estimate of drug-likeness (QED) is 0.839. The molecule has 0 saturated heterocycles. The molecule has 0 aliphatic rings. The van der Waals surface area contributed by atoms with Crippen molar-refractivity contribution in [1.29, 1.82) is 0 Å². The number of rotatable bonds is 4. The SMILES string of the molecule is CC(C)(O)COc1cc2ccccc2nc1C=O. The summed E-state index contributed by atoms with van der Waals surface area (Å²) in [7, 11) is 0. The molecule has 0 radical (unpaired) electrons. The summed E-state index contributed by atoms with van der Waals surface area (Å²) in [5, 5.41) is 10.5. The first kappa shape index (κ1) is 12.5. The van der Waals surface area contributed by atoms with Crippen LogP contribution in [-0.2, 0) is 0 Å². The second kappa shape index (κ2) is 4.74. The molecule has 1 aromatic heterocycles. The molecule has 1 heterocycles. The standard InChI is InChI=1S/C14H15NO3/c1-14(2,17)9-18-13-7-10-5-3-4-6-11(10)15-12(13)8-16/h3-8,17H,9H2,1-2H3. The van der Waals surface area contributed by atoms with Gasteiger partial charge in [-0.25, -0.2) is 4.98 Å². The van der Waals surface area contributed by atoms with Crippen molar-refractivity contribution in [2.24, 2.45) is 0 Å². The van der Waals surface area contributed by atoms with Gasteiger partial charge >= 0.3 is 0 Å². The molecule has 94 valence electrons. The Balaban J connectivity index is 2.39. The first-order chi connectivity index (χ1) is 8.49. The van der Waals surface area contributed by atoms with Gasteiger partial charge < -0.3 is 9.84 Å². The summed E-state index contributed by atoms with van der Waals surface area (Å²) < 4.78 is 5.46. The monoisotopic (exact) mass is 245 g/mol. The van der Waals surface area contributed by atoms with Gasteiger partial charge in [0.05, 0.1) is 11.1 Å². The van der Waals surface area contributed by atoms with Crippen molar-refractivity contribution in [3.8, 4) is 5.75 Å². The highest BCUT2D eigenvalue weighted by Gasteiger charge is 2.15. The Morgan fingerprint density at radius 1 is 1.39 bits per heavy atom. The van der Waals surface area contributed by atoms with Crippen molar-refractivity contribution in [3.63, 3.8) is 0 Å². The fourth-order valence-electron chi connectivity index (χ4n) is 1.57. The first-order valence-electron chi connectivity index (χ1n) is 5.70. The van der Waals surface area contributed by atoms with E-state index in [1.54, 1.807) is 19.9 Å². The molecular formula is C14H15NO3. The Morgan fingerprint density at radius 2 is 2.11 bits per heavy atom. The van der Waals surface area contributed by atoms with E-state index in [0.29, 0.717) is 12.0 Å². The molecule has 0 fully saturated rings. The average Bonchev–Trinajstić information content (AvgIpc) is 2.34. The molecule has 18 heavy (non-hydrogen) atoms. The molecule has 0 aliphatic carbocycles. The molecule has 1 N–H and O–H groups in total. The second-order valence-corrected chi connectivity index (χ2v) is 4.78. The minimum Gasteiger partial charge on any atom is -0.488 e. The molecule has 0 unspecified atom stereocenters. The largest absolute Gasteiger partial charge is 0.488 e. The van der Waals surface area contributed by atoms with E-state index in [-0.39, 0.29) is 12.3 Å². The molecule has 0 aliphatic heterocycles. The zero-order valence-corrected chi connectivity index (χ0v) is 10.4. The number of para-hydroxylation sites is 1. The van der Waals surface area contributed by atoms with Crippen LogP contribution in [0.3, 0.4) is 0 Å². The van der Waals surface area contributed by atoms with E-state index < -0.39 is 5.60 Å². The van der Waals surface area contributed by atoms with E-state index in [4.69, 9.17) is 4.74 Å². The fourth-order valence-corrected chi connectivity index (χ4v) is 1.57. The molecule has 0 atom stereocenters. The first-order valence-corrected chi connectivity index (χ1v) is 5.70. The summed E-state index contributed by atoms with van der Waals surface area (Å²) in [5.41, 5.74) is 0.0411. The van der Waals surface area contributed by atoms with Gasteiger partial charge in [0.2, 0.25) is 0 Å². The molecule has 2 rings (SSSR count). The van der Waals surface area contributed by atoms with Crippen LogP contribution in [0.4, 0.5) is 0 Å². The zero-order chi connectivity index (χ0) is 13.2. The van der Waals surface area contributed by atoms with Crippen LogP contribution in [0.2, 0.25) is 0 Å². The van der Waals surface area contributed by atoms with Crippen LogP contribution >= 0.6 is 0 Å². The average molecular weight is 245 g/mol. The van der Waals surface area contributed by atoms with E-state index in [9.17, 15) is 9.90 Å². The van der Waals surface area contributed by atoms with Gasteiger partial charge in [-0.1, -0.05) is 18.2 Å². The third-order valence-electron chi connectivity index (χ3n) is 2.41. The van der Waals surface area contributed by atoms with Crippen molar-refractivity contribution in [1.82, 2.24) is 4.98 Å². The van der Waals surface area contributed by atoms with Crippen LogP contribution in [0.1, 0.15) is 24.3 Å². The Kier molecular flexibility index (Phi) is 3.30. The predicted octanol–water partition coefficient (Wildman–Crippen LogP) is 2.20. The summed E-state index contributed by atoms with van der Waals surface area (Å²) in [6.45, 7) is 3.39. The van der Waals surface area contributed by atoms with Gasteiger partial charge in [-0.15, -0.1) is 0 Å². The van der Waals surface area contributed by atoms with Crippen molar-refractivity contribution in [3.05, 3.63) is 36.0 Å². The zero-order valence-electron chi connectivity index (χ0n) is 10.4. The normalized spacial score (nSPS) is 11.5. The summed E-state index contributed by atoms with van der Waals surface area (Å²) >= 11 is 0. The molecule has 4 nitrogen and oxygen atoms in total. The van der Waals surface area contributed by atoms with Crippen LogP contribution in [0.5, 0.6) is 5.75 Å². The molecule has 0 amide bonds. The highest BCUT2D eigenvalue weighted by molar-refractivity contribution is 5.86. The van der Waals surface area contributed by atoms with Crippen LogP contribution in [0.15, 0.2) is 30.3 Å². The lowest BCUT2D eigenvalue weighted by atomic mass is 10.1. The van der Waals surface area contributed by atoms with Gasteiger partial charge in [0.1, 0.15) is 18.1 Å². The molecule has 4 heteroatoms. The molecule has 2 aromatic rings. The number of aromatic nitrogens is 1. The second-order valence-electron chi connectivity index (χ2n) is 4.78.